The van der Waals surface area contributed by atoms with Crippen LogP contribution in [-0.4, -0.2) is 33.0 Å². The van der Waals surface area contributed by atoms with Crippen molar-refractivity contribution in [1.82, 2.24) is 0 Å². The van der Waals surface area contributed by atoms with Crippen molar-refractivity contribution in [2.24, 2.45) is 0 Å². The Morgan fingerprint density at radius 1 is 1.12 bits per heavy atom. The maximum atomic E-state index is 12.9. The topological polar surface area (TPSA) is 63.2 Å². The lowest BCUT2D eigenvalue weighted by atomic mass is 9.90. The highest BCUT2D eigenvalue weighted by atomic mass is 31.2. The fourth-order valence-corrected chi connectivity index (χ4v) is 4.28. The van der Waals surface area contributed by atoms with Crippen LogP contribution < -0.4 is 9.47 Å². The summed E-state index contributed by atoms with van der Waals surface area (Å²) in [5.74, 6) is 3.16. The van der Waals surface area contributed by atoms with Crippen LogP contribution in [0.1, 0.15) is 38.8 Å². The molecule has 7 heteroatoms. The summed E-state index contributed by atoms with van der Waals surface area (Å²) in [6, 6.07) is 3.76. The second-order valence-electron chi connectivity index (χ2n) is 6.27. The van der Waals surface area contributed by atoms with Crippen LogP contribution in [0.4, 0.5) is 0 Å². The summed E-state index contributed by atoms with van der Waals surface area (Å²) < 4.78 is 40.6. The lowest BCUT2D eigenvalue weighted by Crippen LogP contribution is -2.31. The predicted octanol–water partition coefficient (Wildman–Crippen LogP) is 4.62. The molecule has 1 aromatic carbocycles. The highest BCUT2D eigenvalue weighted by Gasteiger charge is 2.34. The van der Waals surface area contributed by atoms with Crippen LogP contribution in [-0.2, 0) is 24.8 Å². The number of hydrogen-bond acceptors (Lipinski definition) is 6. The predicted molar refractivity (Wildman–Crippen MR) is 97.2 cm³/mol. The smallest absolute Gasteiger partial charge is 0.357 e. The van der Waals surface area contributed by atoms with Gasteiger partial charge in [-0.05, 0) is 45.4 Å². The Morgan fingerprint density at radius 2 is 1.68 bits per heavy atom. The van der Waals surface area contributed by atoms with E-state index in [1.54, 1.807) is 28.1 Å². The Hall–Kier alpha value is -1.49. The Bertz CT molecular complexity index is 685. The molecule has 0 unspecified atom stereocenters. The molecule has 1 heterocycles. The lowest BCUT2D eigenvalue weighted by molar-refractivity contribution is 0.0690. The first-order valence-corrected chi connectivity index (χ1v) is 9.94. The van der Waals surface area contributed by atoms with Crippen molar-refractivity contribution in [1.29, 1.82) is 0 Å². The van der Waals surface area contributed by atoms with Gasteiger partial charge in [0.2, 0.25) is 0 Å². The van der Waals surface area contributed by atoms with E-state index in [0.29, 0.717) is 23.7 Å². The normalized spacial score (nSPS) is 17.8. The average Bonchev–Trinajstić information content (AvgIpc) is 2.53. The minimum atomic E-state index is -3.40. The lowest BCUT2D eigenvalue weighted by Gasteiger charge is -2.35. The Balaban J connectivity index is 2.60. The largest absolute Gasteiger partial charge is 0.493 e. The monoisotopic (exact) mass is 370 g/mol. The van der Waals surface area contributed by atoms with E-state index in [1.165, 1.54) is 5.82 Å². The average molecular weight is 370 g/mol. The first kappa shape index (κ1) is 19.8. The van der Waals surface area contributed by atoms with E-state index in [-0.39, 0.29) is 13.2 Å². The van der Waals surface area contributed by atoms with E-state index >= 15 is 0 Å². The summed E-state index contributed by atoms with van der Waals surface area (Å²) in [7, 11) is -0.224. The summed E-state index contributed by atoms with van der Waals surface area (Å²) in [6.07, 6.45) is 0.688. The molecule has 1 aromatic rings. The van der Waals surface area contributed by atoms with E-state index in [1.807, 2.05) is 26.0 Å². The second-order valence-corrected chi connectivity index (χ2v) is 8.13. The molecule has 0 saturated heterocycles. The molecule has 0 aliphatic carbocycles. The molecule has 0 spiro atoms. The maximum absolute atomic E-state index is 12.9. The van der Waals surface area contributed by atoms with Crippen LogP contribution in [0.2, 0.25) is 0 Å². The zero-order valence-electron chi connectivity index (χ0n) is 15.8. The second kappa shape index (κ2) is 7.81. The van der Waals surface area contributed by atoms with Gasteiger partial charge in [0.05, 0.1) is 33.3 Å². The quantitative estimate of drug-likeness (QED) is 0.653. The summed E-state index contributed by atoms with van der Waals surface area (Å²) in [5, 5.41) is 0. The van der Waals surface area contributed by atoms with Crippen LogP contribution in [0.25, 0.3) is 5.76 Å². The zero-order valence-corrected chi connectivity index (χ0v) is 16.6. The Morgan fingerprint density at radius 3 is 2.20 bits per heavy atom. The van der Waals surface area contributed by atoms with Crippen molar-refractivity contribution in [2.75, 3.05) is 27.4 Å². The first-order chi connectivity index (χ1) is 11.8. The zero-order chi connectivity index (χ0) is 18.7. The molecule has 0 radical (unpaired) electrons. The summed E-state index contributed by atoms with van der Waals surface area (Å²) in [4.78, 5) is 0. The Labute approximate surface area is 149 Å². The molecule has 0 bridgehead atoms. The van der Waals surface area contributed by atoms with Gasteiger partial charge in [0.25, 0.3) is 0 Å². The number of ether oxygens (including phenoxy) is 3. The van der Waals surface area contributed by atoms with Gasteiger partial charge in [0.1, 0.15) is 11.4 Å². The highest BCUT2D eigenvalue weighted by molar-refractivity contribution is 7.57. The molecular formula is C18H27O6P. The molecule has 0 amide bonds. The molecule has 0 aromatic heterocycles. The van der Waals surface area contributed by atoms with Gasteiger partial charge in [-0.25, -0.2) is 0 Å². The van der Waals surface area contributed by atoms with Gasteiger partial charge in [-0.3, -0.25) is 4.57 Å². The molecule has 140 valence electrons. The molecule has 0 N–H and O–H groups in total. The van der Waals surface area contributed by atoms with E-state index in [4.69, 9.17) is 23.3 Å². The maximum Gasteiger partial charge on any atom is 0.357 e. The number of fused-ring (bicyclic) bond motifs is 1. The van der Waals surface area contributed by atoms with Gasteiger partial charge in [-0.1, -0.05) is 0 Å². The van der Waals surface area contributed by atoms with Crippen LogP contribution in [0, 0.1) is 0 Å². The summed E-state index contributed by atoms with van der Waals surface area (Å²) in [6.45, 7) is 8.07. The number of hydrogen-bond donors (Lipinski definition) is 0. The molecular weight excluding hydrogens is 343 g/mol. The SMILES string of the molecule is CCOP(=O)(/C=C1\OC(C)(C)Cc2cc(OC)c(OC)cc21)OCC. The third-order valence-corrected chi connectivity index (χ3v) is 5.56. The molecule has 1 aliphatic rings. The van der Waals surface area contributed by atoms with Gasteiger partial charge < -0.3 is 23.3 Å². The van der Waals surface area contributed by atoms with Gasteiger partial charge in [-0.15, -0.1) is 0 Å². The van der Waals surface area contributed by atoms with Gasteiger partial charge in [0.15, 0.2) is 11.5 Å². The fraction of sp³-hybridized carbons (Fsp3) is 0.556. The van der Waals surface area contributed by atoms with Crippen molar-refractivity contribution >= 4 is 13.4 Å². The van der Waals surface area contributed by atoms with E-state index in [9.17, 15) is 4.57 Å². The molecule has 0 atom stereocenters. The standard InChI is InChI=1S/C18H27O6P/c1-7-22-25(19,23-8-2)12-17-14-10-16(21-6)15(20-5)9-13(14)11-18(3,4)24-17/h9-10,12H,7-8,11H2,1-6H3/b17-12-. The Kier molecular flexibility index (Phi) is 6.20. The molecule has 2 rings (SSSR count). The minimum absolute atomic E-state index is 0.281. The molecule has 0 fully saturated rings. The molecule has 0 saturated carbocycles. The summed E-state index contributed by atoms with van der Waals surface area (Å²) >= 11 is 0. The molecule has 25 heavy (non-hydrogen) atoms. The fourth-order valence-electron chi connectivity index (χ4n) is 2.86. The third kappa shape index (κ3) is 4.57. The van der Waals surface area contributed by atoms with Crippen molar-refractivity contribution in [2.45, 2.75) is 39.7 Å². The highest BCUT2D eigenvalue weighted by Crippen LogP contribution is 2.53. The van der Waals surface area contributed by atoms with Crippen LogP contribution in [0.3, 0.4) is 0 Å². The minimum Gasteiger partial charge on any atom is -0.493 e. The van der Waals surface area contributed by atoms with Crippen molar-refractivity contribution < 1.29 is 27.8 Å². The van der Waals surface area contributed by atoms with E-state index in [2.05, 4.69) is 0 Å². The number of methoxy groups -OCH3 is 2. The van der Waals surface area contributed by atoms with Crippen molar-refractivity contribution in [3.8, 4) is 11.5 Å². The van der Waals surface area contributed by atoms with Crippen LogP contribution in [0.5, 0.6) is 11.5 Å². The van der Waals surface area contributed by atoms with E-state index < -0.39 is 13.2 Å². The first-order valence-electron chi connectivity index (χ1n) is 8.33. The molecule has 6 nitrogen and oxygen atoms in total. The number of rotatable bonds is 7. The van der Waals surface area contributed by atoms with Gasteiger partial charge in [0, 0.05) is 12.0 Å². The van der Waals surface area contributed by atoms with Crippen molar-refractivity contribution in [3.05, 3.63) is 29.1 Å². The summed E-state index contributed by atoms with van der Waals surface area (Å²) in [5.41, 5.74) is 1.37. The van der Waals surface area contributed by atoms with Gasteiger partial charge >= 0.3 is 7.60 Å². The van der Waals surface area contributed by atoms with E-state index in [0.717, 1.165) is 11.1 Å². The van der Waals surface area contributed by atoms with Crippen LogP contribution >= 0.6 is 7.60 Å². The third-order valence-electron chi connectivity index (χ3n) is 3.77. The molecule has 1 aliphatic heterocycles. The van der Waals surface area contributed by atoms with Crippen LogP contribution in [0.15, 0.2) is 17.9 Å². The van der Waals surface area contributed by atoms with Crippen molar-refractivity contribution in [3.63, 3.8) is 0 Å². The van der Waals surface area contributed by atoms with Gasteiger partial charge in [-0.2, -0.15) is 0 Å². The number of benzene rings is 1.